The topological polar surface area (TPSA) is 74.7 Å². The van der Waals surface area contributed by atoms with Crippen molar-refractivity contribution in [3.8, 4) is 0 Å². The molecule has 0 aliphatic heterocycles. The Balaban J connectivity index is 3.62. The van der Waals surface area contributed by atoms with Crippen molar-refractivity contribution in [3.05, 3.63) is 0 Å². The molecule has 0 aromatic carbocycles. The summed E-state index contributed by atoms with van der Waals surface area (Å²) in [7, 11) is -2.42. The van der Waals surface area contributed by atoms with Crippen molar-refractivity contribution in [2.45, 2.75) is 51.9 Å². The van der Waals surface area contributed by atoms with E-state index in [4.69, 9.17) is 4.55 Å². The van der Waals surface area contributed by atoms with Crippen LogP contribution in [-0.4, -0.2) is 43.1 Å². The highest BCUT2D eigenvalue weighted by molar-refractivity contribution is 7.85. The molecule has 0 bridgehead atoms. The van der Waals surface area contributed by atoms with Crippen molar-refractivity contribution in [1.29, 1.82) is 0 Å². The molecule has 0 atom stereocenters. The predicted molar refractivity (Wildman–Crippen MR) is 72.0 cm³/mol. The molecular formula is C12H25NO4S. The molecular weight excluding hydrogens is 254 g/mol. The fraction of sp³-hybridized carbons (Fsp3) is 0.917. The van der Waals surface area contributed by atoms with Crippen molar-refractivity contribution in [2.75, 3.05) is 19.3 Å². The Hall–Kier alpha value is -0.620. The van der Waals surface area contributed by atoms with Crippen LogP contribution in [0.4, 0.5) is 0 Å². The highest BCUT2D eigenvalue weighted by Crippen LogP contribution is 2.07. The van der Waals surface area contributed by atoms with Gasteiger partial charge in [-0.25, -0.2) is 0 Å². The first kappa shape index (κ1) is 17.4. The van der Waals surface area contributed by atoms with E-state index in [0.717, 1.165) is 19.3 Å². The van der Waals surface area contributed by atoms with Gasteiger partial charge < -0.3 is 4.90 Å². The number of hydrogen-bond acceptors (Lipinski definition) is 3. The van der Waals surface area contributed by atoms with Crippen LogP contribution in [0.2, 0.25) is 0 Å². The number of hydrogen-bond donors (Lipinski definition) is 1. The highest BCUT2D eigenvalue weighted by Gasteiger charge is 2.11. The van der Waals surface area contributed by atoms with E-state index >= 15 is 0 Å². The first-order valence-corrected chi connectivity index (χ1v) is 8.17. The summed E-state index contributed by atoms with van der Waals surface area (Å²) in [6.45, 7) is 2.21. The van der Waals surface area contributed by atoms with Gasteiger partial charge in [0.05, 0.1) is 5.75 Å². The molecule has 0 aliphatic rings. The van der Waals surface area contributed by atoms with Gasteiger partial charge in [0.15, 0.2) is 0 Å². The summed E-state index contributed by atoms with van der Waals surface area (Å²) in [6, 6.07) is 0. The van der Waals surface area contributed by atoms with E-state index in [2.05, 4.69) is 6.92 Å². The molecule has 0 spiro atoms. The Morgan fingerprint density at radius 3 is 2.22 bits per heavy atom. The summed E-state index contributed by atoms with van der Waals surface area (Å²) in [4.78, 5) is 13.0. The van der Waals surface area contributed by atoms with E-state index in [0.29, 0.717) is 6.42 Å². The van der Waals surface area contributed by atoms with Crippen LogP contribution in [0, 0.1) is 0 Å². The number of nitrogens with zero attached hydrogens (tertiary/aromatic N) is 1. The molecule has 5 nitrogen and oxygen atoms in total. The second-order valence-electron chi connectivity index (χ2n) is 4.62. The Morgan fingerprint density at radius 1 is 1.11 bits per heavy atom. The largest absolute Gasteiger partial charge is 0.345 e. The monoisotopic (exact) mass is 279 g/mol. The maximum atomic E-state index is 11.6. The summed E-state index contributed by atoms with van der Waals surface area (Å²) in [5.74, 6) is -0.458. The summed E-state index contributed by atoms with van der Waals surface area (Å²) in [6.07, 6.45) is 7.14. The van der Waals surface area contributed by atoms with Gasteiger partial charge in [0.25, 0.3) is 10.1 Å². The lowest BCUT2D eigenvalue weighted by molar-refractivity contribution is -0.129. The standard InChI is InChI=1S/C12H25NO4S/c1-3-4-5-6-7-8-9-12(14)13(2)10-11-18(15,16)17/h3-11H2,1-2H3,(H,15,16,17). The third kappa shape index (κ3) is 10.5. The molecule has 0 aromatic rings. The maximum Gasteiger partial charge on any atom is 0.266 e. The SMILES string of the molecule is CCCCCCCCC(=O)N(C)CCS(=O)(=O)O. The molecule has 0 aliphatic carbocycles. The van der Waals surface area contributed by atoms with Crippen molar-refractivity contribution in [1.82, 2.24) is 4.90 Å². The smallest absolute Gasteiger partial charge is 0.266 e. The number of carbonyl (C=O) groups excluding carboxylic acids is 1. The summed E-state index contributed by atoms with van der Waals surface area (Å²) in [5, 5.41) is 0. The minimum absolute atomic E-state index is 0.0491. The van der Waals surface area contributed by atoms with Gasteiger partial charge in [0.2, 0.25) is 5.91 Å². The van der Waals surface area contributed by atoms with Gasteiger partial charge in [-0.1, -0.05) is 39.0 Å². The summed E-state index contributed by atoms with van der Waals surface area (Å²) < 4.78 is 29.7. The van der Waals surface area contributed by atoms with E-state index in [1.54, 1.807) is 7.05 Å². The lowest BCUT2D eigenvalue weighted by Gasteiger charge is -2.16. The van der Waals surface area contributed by atoms with Crippen LogP contribution in [0.3, 0.4) is 0 Å². The normalized spacial score (nSPS) is 11.5. The molecule has 0 saturated heterocycles. The average Bonchev–Trinajstić information content (AvgIpc) is 2.29. The maximum absolute atomic E-state index is 11.6. The fourth-order valence-corrected chi connectivity index (χ4v) is 2.13. The van der Waals surface area contributed by atoms with E-state index in [-0.39, 0.29) is 12.5 Å². The first-order valence-electron chi connectivity index (χ1n) is 6.56. The zero-order chi connectivity index (χ0) is 14.0. The van der Waals surface area contributed by atoms with Crippen molar-refractivity contribution >= 4 is 16.0 Å². The van der Waals surface area contributed by atoms with Crippen LogP contribution < -0.4 is 0 Å². The van der Waals surface area contributed by atoms with E-state index in [9.17, 15) is 13.2 Å². The zero-order valence-corrected chi connectivity index (χ0v) is 12.2. The van der Waals surface area contributed by atoms with Crippen molar-refractivity contribution < 1.29 is 17.8 Å². The molecule has 0 fully saturated rings. The second-order valence-corrected chi connectivity index (χ2v) is 6.19. The molecule has 0 heterocycles. The molecule has 0 aromatic heterocycles. The molecule has 108 valence electrons. The number of carbonyl (C=O) groups is 1. The van der Waals surface area contributed by atoms with Gasteiger partial charge in [0.1, 0.15) is 0 Å². The Kier molecular flexibility index (Phi) is 9.01. The minimum Gasteiger partial charge on any atom is -0.345 e. The van der Waals surface area contributed by atoms with Gasteiger partial charge in [-0.3, -0.25) is 9.35 Å². The van der Waals surface area contributed by atoms with Crippen LogP contribution in [0.5, 0.6) is 0 Å². The van der Waals surface area contributed by atoms with E-state index in [1.165, 1.54) is 24.2 Å². The Labute approximate surface area is 110 Å². The number of unbranched alkanes of at least 4 members (excludes halogenated alkanes) is 5. The molecule has 0 saturated carbocycles. The van der Waals surface area contributed by atoms with E-state index < -0.39 is 15.9 Å². The molecule has 6 heteroatoms. The second kappa shape index (κ2) is 9.33. The molecule has 0 radical (unpaired) electrons. The van der Waals surface area contributed by atoms with Crippen LogP contribution in [-0.2, 0) is 14.9 Å². The zero-order valence-electron chi connectivity index (χ0n) is 11.4. The predicted octanol–water partition coefficient (Wildman–Crippen LogP) is 2.08. The van der Waals surface area contributed by atoms with Crippen LogP contribution in [0.1, 0.15) is 51.9 Å². The molecule has 18 heavy (non-hydrogen) atoms. The Morgan fingerprint density at radius 2 is 1.67 bits per heavy atom. The third-order valence-corrected chi connectivity index (χ3v) is 3.55. The summed E-state index contributed by atoms with van der Waals surface area (Å²) >= 11 is 0. The van der Waals surface area contributed by atoms with Gasteiger partial charge in [-0.2, -0.15) is 8.42 Å². The van der Waals surface area contributed by atoms with Gasteiger partial charge in [-0.15, -0.1) is 0 Å². The van der Waals surface area contributed by atoms with Crippen LogP contribution in [0.15, 0.2) is 0 Å². The molecule has 1 amide bonds. The van der Waals surface area contributed by atoms with Gasteiger partial charge in [0, 0.05) is 20.0 Å². The summed E-state index contributed by atoms with van der Waals surface area (Å²) in [5.41, 5.74) is 0. The lowest BCUT2D eigenvalue weighted by Crippen LogP contribution is -2.31. The molecule has 0 rings (SSSR count). The number of rotatable bonds is 10. The average molecular weight is 279 g/mol. The number of amides is 1. The third-order valence-electron chi connectivity index (χ3n) is 2.85. The lowest BCUT2D eigenvalue weighted by atomic mass is 10.1. The highest BCUT2D eigenvalue weighted by atomic mass is 32.2. The fourth-order valence-electron chi connectivity index (χ4n) is 1.62. The van der Waals surface area contributed by atoms with Crippen LogP contribution in [0.25, 0.3) is 0 Å². The first-order chi connectivity index (χ1) is 8.37. The van der Waals surface area contributed by atoms with Gasteiger partial charge >= 0.3 is 0 Å². The minimum atomic E-state index is -3.98. The Bertz CT molecular complexity index is 327. The van der Waals surface area contributed by atoms with Crippen LogP contribution >= 0.6 is 0 Å². The van der Waals surface area contributed by atoms with E-state index in [1.807, 2.05) is 0 Å². The van der Waals surface area contributed by atoms with Gasteiger partial charge in [-0.05, 0) is 6.42 Å². The quantitative estimate of drug-likeness (QED) is 0.491. The van der Waals surface area contributed by atoms with Crippen molar-refractivity contribution in [2.24, 2.45) is 0 Å². The molecule has 1 N–H and O–H groups in total. The van der Waals surface area contributed by atoms with Crippen molar-refractivity contribution in [3.63, 3.8) is 0 Å². The molecule has 0 unspecified atom stereocenters.